The Bertz CT molecular complexity index is 1600. The first kappa shape index (κ1) is 26.3. The molecule has 200 valence electrons. The Morgan fingerprint density at radius 3 is 2.31 bits per heavy atom. The Hall–Kier alpha value is -4.31. The smallest absolute Gasteiger partial charge is 0.264 e. The van der Waals surface area contributed by atoms with E-state index in [1.165, 1.54) is 18.2 Å². The van der Waals surface area contributed by atoms with Crippen molar-refractivity contribution in [1.29, 1.82) is 0 Å². The van der Waals surface area contributed by atoms with E-state index >= 15 is 0 Å². The second-order valence-electron chi connectivity index (χ2n) is 9.34. The van der Waals surface area contributed by atoms with E-state index in [1.807, 2.05) is 0 Å². The molecule has 8 nitrogen and oxygen atoms in total. The SMILES string of the molecule is O=C(Cc1ccc(F)cc1)N1CCCN(C(=O)c2ccc(NS(=O)(=O)c3cccc4cccnc34)cc2)CC1. The van der Waals surface area contributed by atoms with Crippen molar-refractivity contribution in [2.24, 2.45) is 0 Å². The lowest BCUT2D eigenvalue weighted by Crippen LogP contribution is -2.38. The van der Waals surface area contributed by atoms with Crippen molar-refractivity contribution in [3.8, 4) is 0 Å². The van der Waals surface area contributed by atoms with Gasteiger partial charge in [0, 0.05) is 49.0 Å². The number of benzene rings is 3. The van der Waals surface area contributed by atoms with Gasteiger partial charge in [0.05, 0.1) is 11.9 Å². The molecule has 4 aromatic rings. The maximum atomic E-state index is 13.2. The third kappa shape index (κ3) is 6.06. The van der Waals surface area contributed by atoms with Gasteiger partial charge in [0.25, 0.3) is 15.9 Å². The summed E-state index contributed by atoms with van der Waals surface area (Å²) in [6.45, 7) is 1.83. The molecule has 0 aliphatic carbocycles. The standard InChI is InChI=1S/C29H27FN4O4S/c30-24-11-7-21(8-12-24)20-27(35)33-16-3-17-34(19-18-33)29(36)23-9-13-25(14-10-23)32-39(37,38)26-6-1-4-22-5-2-15-31-28(22)26/h1-2,4-15,32H,3,16-20H2. The molecule has 1 fully saturated rings. The van der Waals surface area contributed by atoms with Crippen LogP contribution in [0.1, 0.15) is 22.3 Å². The summed E-state index contributed by atoms with van der Waals surface area (Å²) in [5.41, 5.74) is 1.88. The van der Waals surface area contributed by atoms with Crippen molar-refractivity contribution >= 4 is 38.4 Å². The minimum atomic E-state index is -3.90. The first-order valence-corrected chi connectivity index (χ1v) is 14.1. The van der Waals surface area contributed by atoms with Gasteiger partial charge in [-0.2, -0.15) is 0 Å². The quantitative estimate of drug-likeness (QED) is 0.393. The molecule has 5 rings (SSSR count). The Morgan fingerprint density at radius 1 is 0.846 bits per heavy atom. The highest BCUT2D eigenvalue weighted by Gasteiger charge is 2.23. The van der Waals surface area contributed by atoms with Crippen molar-refractivity contribution in [2.75, 3.05) is 30.9 Å². The summed E-state index contributed by atoms with van der Waals surface area (Å²) in [5, 5.41) is 0.717. The van der Waals surface area contributed by atoms with E-state index in [2.05, 4.69) is 9.71 Å². The van der Waals surface area contributed by atoms with Crippen LogP contribution in [0.3, 0.4) is 0 Å². The molecule has 2 heterocycles. The van der Waals surface area contributed by atoms with Crippen LogP contribution in [-0.2, 0) is 21.2 Å². The molecule has 1 N–H and O–H groups in total. The predicted octanol–water partition coefficient (Wildman–Crippen LogP) is 4.09. The number of sulfonamides is 1. The van der Waals surface area contributed by atoms with Crippen molar-refractivity contribution in [3.05, 3.63) is 102 Å². The van der Waals surface area contributed by atoms with Crippen LogP contribution in [0.5, 0.6) is 0 Å². The van der Waals surface area contributed by atoms with Crippen LogP contribution in [0.15, 0.2) is 90.0 Å². The highest BCUT2D eigenvalue weighted by atomic mass is 32.2. The molecule has 0 radical (unpaired) electrons. The van der Waals surface area contributed by atoms with Crippen LogP contribution >= 0.6 is 0 Å². The van der Waals surface area contributed by atoms with Gasteiger partial charge in [-0.05, 0) is 60.5 Å². The number of anilines is 1. The van der Waals surface area contributed by atoms with Gasteiger partial charge < -0.3 is 9.80 Å². The summed E-state index contributed by atoms with van der Waals surface area (Å²) >= 11 is 0. The fourth-order valence-corrected chi connectivity index (χ4v) is 5.86. The lowest BCUT2D eigenvalue weighted by molar-refractivity contribution is -0.130. The van der Waals surface area contributed by atoms with Gasteiger partial charge in [-0.3, -0.25) is 19.3 Å². The van der Waals surface area contributed by atoms with E-state index < -0.39 is 10.0 Å². The molecule has 0 atom stereocenters. The number of pyridine rings is 1. The molecule has 0 unspecified atom stereocenters. The number of carbonyl (C=O) groups excluding carboxylic acids is 2. The van der Waals surface area contributed by atoms with Crippen LogP contribution in [0.4, 0.5) is 10.1 Å². The Kier molecular flexibility index (Phi) is 7.56. The van der Waals surface area contributed by atoms with Gasteiger partial charge in [0.15, 0.2) is 0 Å². The topological polar surface area (TPSA) is 99.7 Å². The Morgan fingerprint density at radius 2 is 1.54 bits per heavy atom. The number of amides is 2. The third-order valence-corrected chi connectivity index (χ3v) is 8.09. The highest BCUT2D eigenvalue weighted by molar-refractivity contribution is 7.93. The lowest BCUT2D eigenvalue weighted by Gasteiger charge is -2.22. The highest BCUT2D eigenvalue weighted by Crippen LogP contribution is 2.24. The summed E-state index contributed by atoms with van der Waals surface area (Å²) in [6.07, 6.45) is 2.36. The van der Waals surface area contributed by atoms with Crippen molar-refractivity contribution in [2.45, 2.75) is 17.7 Å². The van der Waals surface area contributed by atoms with Gasteiger partial charge in [0.1, 0.15) is 10.7 Å². The number of para-hydroxylation sites is 1. The lowest BCUT2D eigenvalue weighted by atomic mass is 10.1. The zero-order chi connectivity index (χ0) is 27.4. The van der Waals surface area contributed by atoms with Gasteiger partial charge in [-0.25, -0.2) is 12.8 Å². The zero-order valence-corrected chi connectivity index (χ0v) is 21.9. The Labute approximate surface area is 226 Å². The number of hydrogen-bond acceptors (Lipinski definition) is 5. The van der Waals surface area contributed by atoms with E-state index in [0.717, 1.165) is 10.9 Å². The van der Waals surface area contributed by atoms with Crippen LogP contribution < -0.4 is 4.72 Å². The average molecular weight is 547 g/mol. The minimum Gasteiger partial charge on any atom is -0.341 e. The summed E-state index contributed by atoms with van der Waals surface area (Å²) in [5.74, 6) is -0.591. The number of aromatic nitrogens is 1. The van der Waals surface area contributed by atoms with E-state index in [1.54, 1.807) is 76.7 Å². The van der Waals surface area contributed by atoms with Gasteiger partial charge in [0.2, 0.25) is 5.91 Å². The minimum absolute atomic E-state index is 0.0612. The van der Waals surface area contributed by atoms with Crippen LogP contribution in [0, 0.1) is 5.82 Å². The van der Waals surface area contributed by atoms with Crippen molar-refractivity contribution in [1.82, 2.24) is 14.8 Å². The van der Waals surface area contributed by atoms with Gasteiger partial charge >= 0.3 is 0 Å². The average Bonchev–Trinajstić information content (AvgIpc) is 3.20. The molecule has 2 amide bonds. The van der Waals surface area contributed by atoms with E-state index in [4.69, 9.17) is 0 Å². The number of nitrogens with zero attached hydrogens (tertiary/aromatic N) is 3. The largest absolute Gasteiger partial charge is 0.341 e. The normalized spacial score (nSPS) is 14.2. The second-order valence-corrected chi connectivity index (χ2v) is 11.0. The monoisotopic (exact) mass is 546 g/mol. The molecule has 1 saturated heterocycles. The number of fused-ring (bicyclic) bond motifs is 1. The molecule has 39 heavy (non-hydrogen) atoms. The number of nitrogens with one attached hydrogen (secondary N) is 1. The summed E-state index contributed by atoms with van der Waals surface area (Å²) in [4.78, 5) is 33.6. The fourth-order valence-electron chi connectivity index (χ4n) is 4.63. The number of rotatable bonds is 6. The second kappa shape index (κ2) is 11.2. The van der Waals surface area contributed by atoms with Crippen LogP contribution in [0.25, 0.3) is 10.9 Å². The molecule has 1 aromatic heterocycles. The van der Waals surface area contributed by atoms with Gasteiger partial charge in [-0.15, -0.1) is 0 Å². The van der Waals surface area contributed by atoms with Crippen molar-refractivity contribution in [3.63, 3.8) is 0 Å². The maximum absolute atomic E-state index is 13.2. The maximum Gasteiger partial charge on any atom is 0.264 e. The molecule has 0 bridgehead atoms. The predicted molar refractivity (Wildman–Crippen MR) is 146 cm³/mol. The fraction of sp³-hybridized carbons (Fsp3) is 0.207. The third-order valence-electron chi connectivity index (χ3n) is 6.67. The molecule has 3 aromatic carbocycles. The molecular formula is C29H27FN4O4S. The number of carbonyl (C=O) groups is 2. The molecule has 1 aliphatic heterocycles. The van der Waals surface area contributed by atoms with Crippen LogP contribution in [-0.4, -0.2) is 61.2 Å². The molecular weight excluding hydrogens is 519 g/mol. The Balaban J connectivity index is 1.21. The first-order chi connectivity index (χ1) is 18.8. The summed E-state index contributed by atoms with van der Waals surface area (Å²) in [7, 11) is -3.90. The summed E-state index contributed by atoms with van der Waals surface area (Å²) in [6, 6.07) is 20.7. The molecule has 10 heteroatoms. The molecule has 0 saturated carbocycles. The van der Waals surface area contributed by atoms with Gasteiger partial charge in [-0.1, -0.05) is 30.3 Å². The number of halogens is 1. The first-order valence-electron chi connectivity index (χ1n) is 12.6. The summed E-state index contributed by atoms with van der Waals surface area (Å²) < 4.78 is 41.8. The van der Waals surface area contributed by atoms with E-state index in [9.17, 15) is 22.4 Å². The van der Waals surface area contributed by atoms with E-state index in [0.29, 0.717) is 49.4 Å². The number of hydrogen-bond donors (Lipinski definition) is 1. The molecule has 1 aliphatic rings. The molecule has 0 spiro atoms. The zero-order valence-electron chi connectivity index (χ0n) is 21.1. The van der Waals surface area contributed by atoms with Crippen molar-refractivity contribution < 1.29 is 22.4 Å². The van der Waals surface area contributed by atoms with Crippen LogP contribution in [0.2, 0.25) is 0 Å². The van der Waals surface area contributed by atoms with E-state index in [-0.39, 0.29) is 28.9 Å².